The molecule has 4 rings (SSSR count). The molecule has 3 heterocycles. The molecule has 162 valence electrons. The van der Waals surface area contributed by atoms with Gasteiger partial charge in [0.15, 0.2) is 5.82 Å². The zero-order valence-corrected chi connectivity index (χ0v) is 17.7. The number of carbonyl (C=O) groups is 2. The third-order valence-electron chi connectivity index (χ3n) is 5.05. The molecule has 2 aliphatic rings. The Labute approximate surface area is 181 Å². The third-order valence-corrected chi connectivity index (χ3v) is 6.21. The number of carbonyl (C=O) groups excluding carboxylic acids is 2. The number of benzene rings is 1. The lowest BCUT2D eigenvalue weighted by Gasteiger charge is -2.27. The van der Waals surface area contributed by atoms with E-state index in [0.717, 1.165) is 0 Å². The number of rotatable bonds is 4. The molecule has 0 bridgehead atoms. The molecule has 31 heavy (non-hydrogen) atoms. The van der Waals surface area contributed by atoms with E-state index in [2.05, 4.69) is 15.6 Å². The summed E-state index contributed by atoms with van der Waals surface area (Å²) in [6.45, 7) is 2.31. The van der Waals surface area contributed by atoms with Crippen molar-refractivity contribution < 1.29 is 23.2 Å². The van der Waals surface area contributed by atoms with Crippen molar-refractivity contribution in [2.45, 2.75) is 23.6 Å². The number of pyridine rings is 1. The van der Waals surface area contributed by atoms with Crippen molar-refractivity contribution in [3.63, 3.8) is 0 Å². The van der Waals surface area contributed by atoms with Crippen LogP contribution in [0.3, 0.4) is 0 Å². The Morgan fingerprint density at radius 3 is 2.84 bits per heavy atom. The van der Waals surface area contributed by atoms with Crippen LogP contribution < -0.4 is 10.6 Å². The van der Waals surface area contributed by atoms with Crippen LogP contribution in [0.4, 0.5) is 14.5 Å². The fraction of sp³-hybridized carbons (Fsp3) is 0.286. The van der Waals surface area contributed by atoms with Crippen LogP contribution >= 0.6 is 11.8 Å². The smallest absolute Gasteiger partial charge is 0.269 e. The summed E-state index contributed by atoms with van der Waals surface area (Å²) < 4.78 is 29.3. The summed E-state index contributed by atoms with van der Waals surface area (Å²) >= 11 is 1.32. The molecule has 7 nitrogen and oxygen atoms in total. The fourth-order valence-electron chi connectivity index (χ4n) is 3.31. The second-order valence-electron chi connectivity index (χ2n) is 7.10. The summed E-state index contributed by atoms with van der Waals surface area (Å²) in [6.07, 6.45) is 1.78. The van der Waals surface area contributed by atoms with E-state index in [1.54, 1.807) is 30.2 Å². The highest BCUT2D eigenvalue weighted by atomic mass is 32.2. The summed E-state index contributed by atoms with van der Waals surface area (Å²) in [4.78, 5) is 33.5. The van der Waals surface area contributed by atoms with Gasteiger partial charge in [-0.05, 0) is 30.7 Å². The van der Waals surface area contributed by atoms with Gasteiger partial charge in [-0.1, -0.05) is 12.1 Å². The number of amides is 2. The molecule has 0 saturated heterocycles. The molecular formula is C21H20F2N4O3S. The highest BCUT2D eigenvalue weighted by Crippen LogP contribution is 2.38. The van der Waals surface area contributed by atoms with Gasteiger partial charge < -0.3 is 10.6 Å². The monoisotopic (exact) mass is 446 g/mol. The van der Waals surface area contributed by atoms with Gasteiger partial charge in [0.05, 0.1) is 24.1 Å². The number of anilines is 1. The van der Waals surface area contributed by atoms with Crippen LogP contribution in [-0.4, -0.2) is 47.3 Å². The van der Waals surface area contributed by atoms with E-state index in [-0.39, 0.29) is 41.3 Å². The number of aromatic nitrogens is 1. The molecule has 1 unspecified atom stereocenters. The van der Waals surface area contributed by atoms with E-state index in [1.165, 1.54) is 30.9 Å². The molecule has 0 radical (unpaired) electrons. The quantitative estimate of drug-likeness (QED) is 0.703. The molecule has 1 aromatic heterocycles. The third kappa shape index (κ3) is 4.32. The van der Waals surface area contributed by atoms with Crippen molar-refractivity contribution in [3.05, 3.63) is 58.9 Å². The molecule has 2 aliphatic heterocycles. The largest absolute Gasteiger partial charge is 0.354 e. The Bertz CT molecular complexity index is 1090. The number of hydrogen-bond acceptors (Lipinski definition) is 6. The maximum Gasteiger partial charge on any atom is 0.269 e. The molecule has 1 aromatic carbocycles. The van der Waals surface area contributed by atoms with Crippen LogP contribution in [0.15, 0.2) is 35.2 Å². The Morgan fingerprint density at radius 1 is 1.35 bits per heavy atom. The number of thioether (sulfide) groups is 1. The number of hydrogen-bond donors (Lipinski definition) is 2. The van der Waals surface area contributed by atoms with Crippen molar-refractivity contribution in [1.29, 1.82) is 0 Å². The van der Waals surface area contributed by atoms with E-state index in [9.17, 15) is 18.4 Å². The molecule has 0 spiro atoms. The highest BCUT2D eigenvalue weighted by molar-refractivity contribution is 8.00. The van der Waals surface area contributed by atoms with Gasteiger partial charge in [-0.3, -0.25) is 14.4 Å². The minimum atomic E-state index is -0.757. The standard InChI is InChI=1S/C21H20F2N4O3S/c1-11-20(28)26-18-16(31-11)6-3-12(17(18)22)9-27-8-7-13(10-30-27)14-4-5-15(21(29)24-2)25-19(14)23/h3-7,11H,8-10H2,1-2H3,(H,24,29)(H,26,28). The summed E-state index contributed by atoms with van der Waals surface area (Å²) in [5.74, 6) is -1.94. The van der Waals surface area contributed by atoms with Gasteiger partial charge >= 0.3 is 0 Å². The summed E-state index contributed by atoms with van der Waals surface area (Å²) in [5, 5.41) is 6.30. The van der Waals surface area contributed by atoms with Crippen molar-refractivity contribution >= 4 is 34.8 Å². The molecule has 0 saturated carbocycles. The topological polar surface area (TPSA) is 83.6 Å². The molecule has 0 fully saturated rings. The van der Waals surface area contributed by atoms with Crippen LogP contribution in [0.5, 0.6) is 0 Å². The average Bonchev–Trinajstić information content (AvgIpc) is 2.77. The van der Waals surface area contributed by atoms with Crippen molar-refractivity contribution in [1.82, 2.24) is 15.4 Å². The minimum absolute atomic E-state index is 0.00904. The van der Waals surface area contributed by atoms with E-state index in [4.69, 9.17) is 4.84 Å². The Hall–Kier alpha value is -2.82. The molecule has 10 heteroatoms. The second-order valence-corrected chi connectivity index (χ2v) is 8.48. The SMILES string of the molecule is CNC(=O)c1ccc(C2=CCN(Cc3ccc4c(c3F)NC(=O)C(C)S4)OC2)c(F)n1. The maximum absolute atomic E-state index is 14.9. The molecule has 2 amide bonds. The lowest BCUT2D eigenvalue weighted by Crippen LogP contribution is -2.30. The fourth-order valence-corrected chi connectivity index (χ4v) is 4.26. The molecule has 1 atom stereocenters. The Kier molecular flexibility index (Phi) is 6.03. The molecular weight excluding hydrogens is 426 g/mol. The van der Waals surface area contributed by atoms with Crippen molar-refractivity contribution in [2.75, 3.05) is 25.5 Å². The molecule has 2 N–H and O–H groups in total. The predicted molar refractivity (Wildman–Crippen MR) is 112 cm³/mol. The lowest BCUT2D eigenvalue weighted by atomic mass is 10.1. The zero-order chi connectivity index (χ0) is 22.1. The normalized spacial score (nSPS) is 18.8. The summed E-state index contributed by atoms with van der Waals surface area (Å²) in [5.41, 5.74) is 1.41. The van der Waals surface area contributed by atoms with E-state index in [1.807, 2.05) is 0 Å². The number of fused-ring (bicyclic) bond motifs is 1. The maximum atomic E-state index is 14.9. The number of halogens is 2. The van der Waals surface area contributed by atoms with Crippen LogP contribution in [0, 0.1) is 11.8 Å². The lowest BCUT2D eigenvalue weighted by molar-refractivity contribution is -0.151. The van der Waals surface area contributed by atoms with Gasteiger partial charge in [0, 0.05) is 29.6 Å². The van der Waals surface area contributed by atoms with Crippen LogP contribution in [0.25, 0.3) is 5.57 Å². The van der Waals surface area contributed by atoms with Crippen LogP contribution in [-0.2, 0) is 16.2 Å². The Balaban J connectivity index is 1.47. The summed E-state index contributed by atoms with van der Waals surface area (Å²) in [6, 6.07) is 6.39. The van der Waals surface area contributed by atoms with Crippen molar-refractivity contribution in [3.8, 4) is 0 Å². The number of nitrogens with zero attached hydrogens (tertiary/aromatic N) is 2. The second kappa shape index (κ2) is 8.74. The van der Waals surface area contributed by atoms with Gasteiger partial charge in [0.1, 0.15) is 5.69 Å². The average molecular weight is 446 g/mol. The van der Waals surface area contributed by atoms with Crippen molar-refractivity contribution in [2.24, 2.45) is 0 Å². The first-order valence-corrected chi connectivity index (χ1v) is 10.5. The van der Waals surface area contributed by atoms with E-state index in [0.29, 0.717) is 22.6 Å². The Morgan fingerprint density at radius 2 is 2.16 bits per heavy atom. The predicted octanol–water partition coefficient (Wildman–Crippen LogP) is 2.98. The first-order valence-electron chi connectivity index (χ1n) is 9.62. The first-order chi connectivity index (χ1) is 14.9. The first kappa shape index (κ1) is 21.4. The molecule has 2 aromatic rings. The number of hydroxylamine groups is 2. The van der Waals surface area contributed by atoms with E-state index >= 15 is 0 Å². The van der Waals surface area contributed by atoms with Gasteiger partial charge in [0.25, 0.3) is 5.91 Å². The van der Waals surface area contributed by atoms with Gasteiger partial charge in [-0.25, -0.2) is 9.37 Å². The van der Waals surface area contributed by atoms with E-state index < -0.39 is 17.7 Å². The summed E-state index contributed by atoms with van der Waals surface area (Å²) in [7, 11) is 1.45. The van der Waals surface area contributed by atoms with Crippen LogP contribution in [0.1, 0.15) is 28.5 Å². The number of nitrogens with one attached hydrogen (secondary N) is 2. The van der Waals surface area contributed by atoms with Gasteiger partial charge in [0.2, 0.25) is 11.9 Å². The zero-order valence-electron chi connectivity index (χ0n) is 16.9. The molecule has 0 aliphatic carbocycles. The van der Waals surface area contributed by atoms with Crippen LogP contribution in [0.2, 0.25) is 0 Å². The minimum Gasteiger partial charge on any atom is -0.354 e. The van der Waals surface area contributed by atoms with Gasteiger partial charge in [-0.15, -0.1) is 11.8 Å². The highest BCUT2D eigenvalue weighted by Gasteiger charge is 2.27. The van der Waals surface area contributed by atoms with Gasteiger partial charge in [-0.2, -0.15) is 9.45 Å².